The zero-order valence-electron chi connectivity index (χ0n) is 11.7. The Morgan fingerprint density at radius 2 is 2.14 bits per heavy atom. The molecule has 0 radical (unpaired) electrons. The van der Waals surface area contributed by atoms with E-state index in [4.69, 9.17) is 0 Å². The molecule has 6 heteroatoms. The van der Waals surface area contributed by atoms with Crippen LogP contribution in [0, 0.1) is 10.1 Å². The van der Waals surface area contributed by atoms with Crippen LogP contribution in [0.4, 0.5) is 11.4 Å². The lowest BCUT2D eigenvalue weighted by atomic mass is 10.1. The summed E-state index contributed by atoms with van der Waals surface area (Å²) in [5.74, 6) is 0. The second kappa shape index (κ2) is 6.05. The lowest BCUT2D eigenvalue weighted by molar-refractivity contribution is -0.383. The maximum absolute atomic E-state index is 11.1. The molecule has 1 unspecified atom stereocenters. The van der Waals surface area contributed by atoms with Crippen LogP contribution in [0.3, 0.4) is 0 Å². The SMILES string of the molecule is O=[N+]([O-])c1ccc(NC2CCCNCC2)c2cnccc12. The lowest BCUT2D eigenvalue weighted by Crippen LogP contribution is -2.21. The van der Waals surface area contributed by atoms with Gasteiger partial charge >= 0.3 is 0 Å². The van der Waals surface area contributed by atoms with Crippen molar-refractivity contribution in [2.75, 3.05) is 18.4 Å². The molecule has 1 atom stereocenters. The highest BCUT2D eigenvalue weighted by atomic mass is 16.6. The smallest absolute Gasteiger partial charge is 0.277 e. The number of aromatic nitrogens is 1. The number of rotatable bonds is 3. The summed E-state index contributed by atoms with van der Waals surface area (Å²) in [4.78, 5) is 14.9. The van der Waals surface area contributed by atoms with Crippen molar-refractivity contribution < 1.29 is 4.92 Å². The molecular formula is C15H18N4O2. The van der Waals surface area contributed by atoms with Gasteiger partial charge in [-0.15, -0.1) is 0 Å². The lowest BCUT2D eigenvalue weighted by Gasteiger charge is -2.18. The van der Waals surface area contributed by atoms with Gasteiger partial charge in [0.15, 0.2) is 0 Å². The number of anilines is 1. The molecule has 0 aliphatic carbocycles. The maximum atomic E-state index is 11.1. The van der Waals surface area contributed by atoms with Crippen molar-refractivity contribution in [1.82, 2.24) is 10.3 Å². The number of nitrogens with zero attached hydrogens (tertiary/aromatic N) is 2. The molecule has 0 amide bonds. The maximum Gasteiger partial charge on any atom is 0.277 e. The molecule has 1 aromatic carbocycles. The van der Waals surface area contributed by atoms with E-state index in [1.807, 2.05) is 0 Å². The van der Waals surface area contributed by atoms with Gasteiger partial charge in [-0.3, -0.25) is 15.1 Å². The number of hydrogen-bond donors (Lipinski definition) is 2. The van der Waals surface area contributed by atoms with E-state index in [-0.39, 0.29) is 10.6 Å². The minimum absolute atomic E-state index is 0.125. The highest BCUT2D eigenvalue weighted by Gasteiger charge is 2.17. The van der Waals surface area contributed by atoms with Crippen LogP contribution in [0.1, 0.15) is 19.3 Å². The van der Waals surface area contributed by atoms with Gasteiger partial charge in [0.1, 0.15) is 0 Å². The van der Waals surface area contributed by atoms with Gasteiger partial charge < -0.3 is 10.6 Å². The van der Waals surface area contributed by atoms with E-state index in [0.717, 1.165) is 43.4 Å². The third kappa shape index (κ3) is 2.95. The van der Waals surface area contributed by atoms with Crippen molar-refractivity contribution in [2.45, 2.75) is 25.3 Å². The molecule has 1 aliphatic heterocycles. The van der Waals surface area contributed by atoms with Gasteiger partial charge in [-0.2, -0.15) is 0 Å². The van der Waals surface area contributed by atoms with Gasteiger partial charge in [-0.1, -0.05) is 0 Å². The molecule has 1 saturated heterocycles. The van der Waals surface area contributed by atoms with E-state index >= 15 is 0 Å². The van der Waals surface area contributed by atoms with Crippen LogP contribution in [0.15, 0.2) is 30.6 Å². The molecule has 6 nitrogen and oxygen atoms in total. The predicted octanol–water partition coefficient (Wildman–Crippen LogP) is 2.70. The van der Waals surface area contributed by atoms with E-state index in [9.17, 15) is 10.1 Å². The van der Waals surface area contributed by atoms with E-state index in [2.05, 4.69) is 15.6 Å². The average molecular weight is 286 g/mol. The molecule has 1 fully saturated rings. The second-order valence-corrected chi connectivity index (χ2v) is 5.33. The van der Waals surface area contributed by atoms with Crippen LogP contribution < -0.4 is 10.6 Å². The number of non-ortho nitro benzene ring substituents is 1. The molecule has 2 aromatic rings. The Kier molecular flexibility index (Phi) is 3.96. The summed E-state index contributed by atoms with van der Waals surface area (Å²) in [6.45, 7) is 2.06. The quantitative estimate of drug-likeness (QED) is 0.670. The minimum atomic E-state index is -0.346. The van der Waals surface area contributed by atoms with E-state index in [1.165, 1.54) is 0 Å². The van der Waals surface area contributed by atoms with Crippen molar-refractivity contribution in [3.8, 4) is 0 Å². The summed E-state index contributed by atoms with van der Waals surface area (Å²) in [6.07, 6.45) is 6.58. The molecule has 2 heterocycles. The monoisotopic (exact) mass is 286 g/mol. The van der Waals surface area contributed by atoms with Gasteiger partial charge in [0.25, 0.3) is 5.69 Å². The normalized spacial score (nSPS) is 19.1. The predicted molar refractivity (Wildman–Crippen MR) is 82.5 cm³/mol. The first-order valence-electron chi connectivity index (χ1n) is 7.24. The summed E-state index contributed by atoms with van der Waals surface area (Å²) in [7, 11) is 0. The van der Waals surface area contributed by atoms with Crippen LogP contribution in [0.25, 0.3) is 10.8 Å². The number of nitrogens with one attached hydrogen (secondary N) is 2. The summed E-state index contributed by atoms with van der Waals surface area (Å²) in [5.41, 5.74) is 1.05. The Balaban J connectivity index is 1.95. The Labute approximate surface area is 122 Å². The Morgan fingerprint density at radius 3 is 3.00 bits per heavy atom. The topological polar surface area (TPSA) is 80.1 Å². The van der Waals surface area contributed by atoms with Crippen LogP contribution in [0.5, 0.6) is 0 Å². The summed E-state index contributed by atoms with van der Waals surface area (Å²) in [5, 5.41) is 19.5. The fraction of sp³-hybridized carbons (Fsp3) is 0.400. The highest BCUT2D eigenvalue weighted by molar-refractivity contribution is 5.99. The van der Waals surface area contributed by atoms with Crippen LogP contribution in [-0.2, 0) is 0 Å². The first-order chi connectivity index (χ1) is 10.3. The van der Waals surface area contributed by atoms with Gasteiger partial charge in [0, 0.05) is 35.6 Å². The summed E-state index contributed by atoms with van der Waals surface area (Å²) in [6, 6.07) is 5.46. The molecule has 21 heavy (non-hydrogen) atoms. The molecule has 0 saturated carbocycles. The molecule has 0 spiro atoms. The standard InChI is InChI=1S/C15H18N4O2/c20-19(21)15-4-3-14(13-10-17-9-6-12(13)15)18-11-2-1-7-16-8-5-11/h3-4,6,9-11,16,18H,1-2,5,7-8H2. The van der Waals surface area contributed by atoms with Gasteiger partial charge in [0.2, 0.25) is 0 Å². The van der Waals surface area contributed by atoms with Crippen molar-refractivity contribution in [3.05, 3.63) is 40.7 Å². The van der Waals surface area contributed by atoms with Gasteiger partial charge in [0.05, 0.1) is 10.3 Å². The van der Waals surface area contributed by atoms with Crippen LogP contribution in [0.2, 0.25) is 0 Å². The van der Waals surface area contributed by atoms with E-state index in [1.54, 1.807) is 30.6 Å². The molecular weight excluding hydrogens is 268 g/mol. The highest BCUT2D eigenvalue weighted by Crippen LogP contribution is 2.31. The average Bonchev–Trinajstić information content (AvgIpc) is 2.76. The summed E-state index contributed by atoms with van der Waals surface area (Å²) < 4.78 is 0. The van der Waals surface area contributed by atoms with E-state index < -0.39 is 0 Å². The van der Waals surface area contributed by atoms with Crippen molar-refractivity contribution in [3.63, 3.8) is 0 Å². The number of nitro benzene ring substituents is 1. The van der Waals surface area contributed by atoms with Crippen molar-refractivity contribution in [1.29, 1.82) is 0 Å². The van der Waals surface area contributed by atoms with Crippen LogP contribution in [-0.4, -0.2) is 29.0 Å². The fourth-order valence-electron chi connectivity index (χ4n) is 2.84. The Hall–Kier alpha value is -2.21. The molecule has 1 aliphatic rings. The number of nitro groups is 1. The second-order valence-electron chi connectivity index (χ2n) is 5.33. The van der Waals surface area contributed by atoms with Gasteiger partial charge in [-0.05, 0) is 44.5 Å². The Morgan fingerprint density at radius 1 is 1.24 bits per heavy atom. The number of pyridine rings is 1. The Bertz CT molecular complexity index is 651. The largest absolute Gasteiger partial charge is 0.382 e. The zero-order chi connectivity index (χ0) is 14.7. The van der Waals surface area contributed by atoms with Crippen molar-refractivity contribution in [2.24, 2.45) is 0 Å². The van der Waals surface area contributed by atoms with Gasteiger partial charge in [-0.25, -0.2) is 0 Å². The summed E-state index contributed by atoms with van der Waals surface area (Å²) >= 11 is 0. The molecule has 0 bridgehead atoms. The van der Waals surface area contributed by atoms with E-state index in [0.29, 0.717) is 11.4 Å². The fourth-order valence-corrected chi connectivity index (χ4v) is 2.84. The number of benzene rings is 1. The number of fused-ring (bicyclic) bond motifs is 1. The molecule has 3 rings (SSSR count). The zero-order valence-corrected chi connectivity index (χ0v) is 11.7. The first-order valence-corrected chi connectivity index (χ1v) is 7.24. The van der Waals surface area contributed by atoms with Crippen molar-refractivity contribution >= 4 is 22.1 Å². The van der Waals surface area contributed by atoms with Crippen LogP contribution >= 0.6 is 0 Å². The molecule has 2 N–H and O–H groups in total. The third-order valence-corrected chi connectivity index (χ3v) is 3.93. The first kappa shape index (κ1) is 13.8. The molecule has 1 aromatic heterocycles. The minimum Gasteiger partial charge on any atom is -0.382 e. The third-order valence-electron chi connectivity index (χ3n) is 3.93. The number of hydrogen-bond acceptors (Lipinski definition) is 5. The molecule has 110 valence electrons.